The van der Waals surface area contributed by atoms with Crippen LogP contribution in [-0.4, -0.2) is 30.2 Å². The van der Waals surface area contributed by atoms with Crippen LogP contribution in [0.3, 0.4) is 0 Å². The second kappa shape index (κ2) is 6.60. The highest BCUT2D eigenvalue weighted by molar-refractivity contribution is 5.81. The van der Waals surface area contributed by atoms with Crippen molar-refractivity contribution in [1.82, 2.24) is 4.90 Å². The first-order valence-electron chi connectivity index (χ1n) is 5.06. The van der Waals surface area contributed by atoms with Gasteiger partial charge in [-0.25, -0.2) is 4.79 Å². The molecule has 0 heterocycles. The quantitative estimate of drug-likeness (QED) is 0.372. The molecule has 0 aromatic carbocycles. The van der Waals surface area contributed by atoms with Crippen LogP contribution in [0.25, 0.3) is 0 Å². The second-order valence-electron chi connectivity index (χ2n) is 3.69. The maximum absolute atomic E-state index is 10.9. The fourth-order valence-corrected chi connectivity index (χ4v) is 1.12. The molecule has 1 unspecified atom stereocenters. The van der Waals surface area contributed by atoms with Gasteiger partial charge >= 0.3 is 5.97 Å². The van der Waals surface area contributed by atoms with Crippen LogP contribution in [0.15, 0.2) is 12.7 Å². The van der Waals surface area contributed by atoms with Crippen LogP contribution in [-0.2, 0) is 9.53 Å². The normalized spacial score (nSPS) is 13.0. The fourth-order valence-electron chi connectivity index (χ4n) is 1.12. The Bertz CT molecular complexity index is 190. The van der Waals surface area contributed by atoms with Crippen LogP contribution in [0.2, 0.25) is 0 Å². The minimum atomic E-state index is -0.362. The van der Waals surface area contributed by atoms with Crippen LogP contribution in [0, 0.1) is 5.92 Å². The van der Waals surface area contributed by atoms with Crippen LogP contribution >= 0.6 is 0 Å². The molecule has 0 aliphatic rings. The summed E-state index contributed by atoms with van der Waals surface area (Å²) < 4.78 is 4.98. The average molecular weight is 199 g/mol. The van der Waals surface area contributed by atoms with Gasteiger partial charge in [-0.15, -0.1) is 0 Å². The van der Waals surface area contributed by atoms with Gasteiger partial charge in [0, 0.05) is 12.1 Å². The van der Waals surface area contributed by atoms with Gasteiger partial charge in [0.1, 0.15) is 6.73 Å². The summed E-state index contributed by atoms with van der Waals surface area (Å²) >= 11 is 0. The first-order chi connectivity index (χ1) is 6.52. The Labute approximate surface area is 86.7 Å². The van der Waals surface area contributed by atoms with Gasteiger partial charge in [-0.3, -0.25) is 4.90 Å². The molecule has 0 N–H and O–H groups in total. The molecule has 82 valence electrons. The summed E-state index contributed by atoms with van der Waals surface area (Å²) in [5.74, 6) is 0.191. The number of carbonyl (C=O) groups excluding carboxylic acids is 1. The van der Waals surface area contributed by atoms with Crippen molar-refractivity contribution in [1.29, 1.82) is 0 Å². The van der Waals surface area contributed by atoms with E-state index in [1.54, 1.807) is 0 Å². The predicted molar refractivity (Wildman–Crippen MR) is 57.8 cm³/mol. The Morgan fingerprint density at radius 3 is 2.43 bits per heavy atom. The molecule has 0 saturated carbocycles. The first-order valence-corrected chi connectivity index (χ1v) is 5.06. The molecule has 0 aliphatic heterocycles. The lowest BCUT2D eigenvalue weighted by atomic mass is 10.1. The summed E-state index contributed by atoms with van der Waals surface area (Å²) in [7, 11) is 0. The van der Waals surface area contributed by atoms with Crippen molar-refractivity contribution in [3.8, 4) is 0 Å². The van der Waals surface area contributed by atoms with Crippen LogP contribution in [0.5, 0.6) is 0 Å². The summed E-state index contributed by atoms with van der Waals surface area (Å²) in [6.07, 6.45) is 1.19. The van der Waals surface area contributed by atoms with E-state index in [0.29, 0.717) is 18.7 Å². The topological polar surface area (TPSA) is 29.5 Å². The van der Waals surface area contributed by atoms with Gasteiger partial charge in [0.05, 0.1) is 0 Å². The number of rotatable bonds is 6. The van der Waals surface area contributed by atoms with Gasteiger partial charge in [0.15, 0.2) is 0 Å². The molecule has 0 radical (unpaired) electrons. The Hall–Kier alpha value is -0.830. The number of carbonyl (C=O) groups is 1. The van der Waals surface area contributed by atoms with E-state index >= 15 is 0 Å². The summed E-state index contributed by atoms with van der Waals surface area (Å²) in [5.41, 5.74) is 0. The highest BCUT2D eigenvalue weighted by Gasteiger charge is 2.16. The van der Waals surface area contributed by atoms with Crippen LogP contribution < -0.4 is 0 Å². The van der Waals surface area contributed by atoms with Gasteiger partial charge in [-0.2, -0.15) is 0 Å². The molecule has 0 amide bonds. The van der Waals surface area contributed by atoms with E-state index in [-0.39, 0.29) is 5.97 Å². The molecule has 0 aromatic rings. The van der Waals surface area contributed by atoms with Crippen molar-refractivity contribution in [3.05, 3.63) is 12.7 Å². The van der Waals surface area contributed by atoms with E-state index in [4.69, 9.17) is 4.74 Å². The zero-order valence-electron chi connectivity index (χ0n) is 9.62. The molecule has 0 saturated heterocycles. The SMILES string of the molecule is C=CC(=O)OCN(CC)C(C)C(C)C. The Morgan fingerprint density at radius 1 is 1.50 bits per heavy atom. The largest absolute Gasteiger partial charge is 0.446 e. The second-order valence-corrected chi connectivity index (χ2v) is 3.69. The van der Waals surface area contributed by atoms with Crippen molar-refractivity contribution < 1.29 is 9.53 Å². The van der Waals surface area contributed by atoms with E-state index < -0.39 is 0 Å². The van der Waals surface area contributed by atoms with E-state index in [1.165, 1.54) is 6.08 Å². The number of esters is 1. The van der Waals surface area contributed by atoms with Gasteiger partial charge in [-0.05, 0) is 19.4 Å². The lowest BCUT2D eigenvalue weighted by Crippen LogP contribution is -2.38. The Kier molecular flexibility index (Phi) is 6.21. The highest BCUT2D eigenvalue weighted by Crippen LogP contribution is 2.09. The standard InChI is InChI=1S/C11H21NO2/c1-6-11(13)14-8-12(7-2)10(5)9(3)4/h6,9-10H,1,7-8H2,2-5H3. The summed E-state index contributed by atoms with van der Waals surface area (Å²) in [6.45, 7) is 13.1. The molecule has 1 atom stereocenters. The zero-order chi connectivity index (χ0) is 11.1. The van der Waals surface area contributed by atoms with Crippen molar-refractivity contribution in [3.63, 3.8) is 0 Å². The molecule has 3 heteroatoms. The summed E-state index contributed by atoms with van der Waals surface area (Å²) in [4.78, 5) is 13.0. The van der Waals surface area contributed by atoms with Crippen LogP contribution in [0.4, 0.5) is 0 Å². The first kappa shape index (κ1) is 13.2. The minimum absolute atomic E-state index is 0.348. The van der Waals surface area contributed by atoms with Gasteiger partial charge in [0.2, 0.25) is 0 Å². The monoisotopic (exact) mass is 199 g/mol. The fraction of sp³-hybridized carbons (Fsp3) is 0.727. The van der Waals surface area contributed by atoms with E-state index in [1.807, 2.05) is 0 Å². The number of ether oxygens (including phenoxy) is 1. The van der Waals surface area contributed by atoms with Crippen molar-refractivity contribution in [2.45, 2.75) is 33.7 Å². The maximum Gasteiger partial charge on any atom is 0.331 e. The molecule has 3 nitrogen and oxygen atoms in total. The van der Waals surface area contributed by atoms with Crippen molar-refractivity contribution in [2.24, 2.45) is 5.92 Å². The summed E-state index contributed by atoms with van der Waals surface area (Å²) in [5, 5.41) is 0. The molecule has 0 aromatic heterocycles. The van der Waals surface area contributed by atoms with Gasteiger partial charge in [0.25, 0.3) is 0 Å². The molecular formula is C11H21NO2. The van der Waals surface area contributed by atoms with Crippen molar-refractivity contribution >= 4 is 5.97 Å². The molecule has 0 aliphatic carbocycles. The molecule has 0 spiro atoms. The Morgan fingerprint density at radius 2 is 2.07 bits per heavy atom. The average Bonchev–Trinajstić information content (AvgIpc) is 2.17. The zero-order valence-corrected chi connectivity index (χ0v) is 9.62. The third-order valence-corrected chi connectivity index (χ3v) is 2.49. The van der Waals surface area contributed by atoms with E-state index in [2.05, 4.69) is 39.2 Å². The van der Waals surface area contributed by atoms with E-state index in [9.17, 15) is 4.79 Å². The van der Waals surface area contributed by atoms with E-state index in [0.717, 1.165) is 6.54 Å². The third kappa shape index (κ3) is 4.42. The molecule has 0 rings (SSSR count). The van der Waals surface area contributed by atoms with Crippen molar-refractivity contribution in [2.75, 3.05) is 13.3 Å². The molecule has 0 fully saturated rings. The molecular weight excluding hydrogens is 178 g/mol. The molecule has 14 heavy (non-hydrogen) atoms. The maximum atomic E-state index is 10.9. The smallest absolute Gasteiger partial charge is 0.331 e. The Balaban J connectivity index is 4.02. The predicted octanol–water partition coefficient (Wildman–Crippen LogP) is 2.04. The number of nitrogens with zero attached hydrogens (tertiary/aromatic N) is 1. The highest BCUT2D eigenvalue weighted by atomic mass is 16.5. The lowest BCUT2D eigenvalue weighted by molar-refractivity contribution is -0.143. The van der Waals surface area contributed by atoms with Gasteiger partial charge in [-0.1, -0.05) is 27.4 Å². The lowest BCUT2D eigenvalue weighted by Gasteiger charge is -2.29. The number of hydrogen-bond acceptors (Lipinski definition) is 3. The number of hydrogen-bond donors (Lipinski definition) is 0. The third-order valence-electron chi connectivity index (χ3n) is 2.49. The van der Waals surface area contributed by atoms with Gasteiger partial charge < -0.3 is 4.74 Å². The minimum Gasteiger partial charge on any atom is -0.446 e. The van der Waals surface area contributed by atoms with Crippen LogP contribution in [0.1, 0.15) is 27.7 Å². The summed E-state index contributed by atoms with van der Waals surface area (Å²) in [6, 6.07) is 0.414. The molecule has 0 bridgehead atoms.